The largest absolute Gasteiger partial charge is 0.393 e. The summed E-state index contributed by atoms with van der Waals surface area (Å²) in [6.07, 6.45) is 6.75. The second-order valence-electron chi connectivity index (χ2n) is 10.2. The number of carbonyl (C=O) groups excluding carboxylic acids is 1. The van der Waals surface area contributed by atoms with Crippen LogP contribution in [0.4, 0.5) is 0 Å². The molecule has 1 heterocycles. The van der Waals surface area contributed by atoms with Gasteiger partial charge in [-0.1, -0.05) is 13.8 Å². The van der Waals surface area contributed by atoms with Crippen molar-refractivity contribution in [3.05, 3.63) is 0 Å². The van der Waals surface area contributed by atoms with Gasteiger partial charge in [-0.25, -0.2) is 0 Å². The summed E-state index contributed by atoms with van der Waals surface area (Å²) < 4.78 is 6.26. The number of hydrogen-bond acceptors (Lipinski definition) is 4. The SMILES string of the molecule is CC12OC13CC[C@@H]1[C@@H](CC[C@]4(C)C(O)CC[C@@H]14)[C@@]3(C)CC(C#N)C2=O. The van der Waals surface area contributed by atoms with Gasteiger partial charge in [-0.2, -0.15) is 5.26 Å². The Morgan fingerprint density at radius 1 is 1.12 bits per heavy atom. The van der Waals surface area contributed by atoms with Gasteiger partial charge in [0.15, 0.2) is 11.4 Å². The van der Waals surface area contributed by atoms with Crippen molar-refractivity contribution in [2.75, 3.05) is 0 Å². The lowest BCUT2D eigenvalue weighted by Gasteiger charge is -2.59. The fourth-order valence-electron chi connectivity index (χ4n) is 8.20. The first-order valence-electron chi connectivity index (χ1n) is 10.1. The van der Waals surface area contributed by atoms with Crippen molar-refractivity contribution in [3.63, 3.8) is 0 Å². The number of nitriles is 1. The van der Waals surface area contributed by atoms with E-state index in [4.69, 9.17) is 4.74 Å². The van der Waals surface area contributed by atoms with Crippen molar-refractivity contribution in [1.29, 1.82) is 5.26 Å². The monoisotopic (exact) mass is 343 g/mol. The number of epoxide rings is 1. The number of hydrogen-bond donors (Lipinski definition) is 1. The molecule has 0 amide bonds. The van der Waals surface area contributed by atoms with Crippen molar-refractivity contribution < 1.29 is 14.6 Å². The predicted molar refractivity (Wildman–Crippen MR) is 91.3 cm³/mol. The van der Waals surface area contributed by atoms with Crippen molar-refractivity contribution in [2.45, 2.75) is 83.0 Å². The summed E-state index contributed by atoms with van der Waals surface area (Å²) in [6.45, 7) is 6.53. The second-order valence-corrected chi connectivity index (χ2v) is 10.2. The first kappa shape index (κ1) is 16.3. The van der Waals surface area contributed by atoms with Gasteiger partial charge in [0, 0.05) is 5.41 Å². The van der Waals surface area contributed by atoms with E-state index in [1.165, 1.54) is 0 Å². The molecule has 4 unspecified atom stereocenters. The molecule has 1 saturated heterocycles. The van der Waals surface area contributed by atoms with Crippen molar-refractivity contribution in [3.8, 4) is 6.07 Å². The number of fused-ring (bicyclic) bond motifs is 4. The van der Waals surface area contributed by atoms with Crippen LogP contribution < -0.4 is 0 Å². The molecule has 1 spiro atoms. The maximum absolute atomic E-state index is 12.8. The number of carbonyl (C=O) groups is 1. The number of nitrogens with zero attached hydrogens (tertiary/aromatic N) is 1. The van der Waals surface area contributed by atoms with Crippen molar-refractivity contribution in [2.24, 2.45) is 34.5 Å². The van der Waals surface area contributed by atoms with E-state index in [0.717, 1.165) is 38.5 Å². The topological polar surface area (TPSA) is 73.6 Å². The third-order valence-electron chi connectivity index (χ3n) is 9.64. The van der Waals surface area contributed by atoms with E-state index in [-0.39, 0.29) is 28.3 Å². The molecule has 0 bridgehead atoms. The molecule has 4 aliphatic carbocycles. The Bertz CT molecular complexity index is 700. The van der Waals surface area contributed by atoms with Crippen LogP contribution in [0.25, 0.3) is 0 Å². The highest BCUT2D eigenvalue weighted by atomic mass is 16.6. The first-order valence-corrected chi connectivity index (χ1v) is 10.1. The van der Waals surface area contributed by atoms with Gasteiger partial charge in [-0.3, -0.25) is 4.79 Å². The van der Waals surface area contributed by atoms with Crippen LogP contribution in [-0.4, -0.2) is 28.2 Å². The summed E-state index contributed by atoms with van der Waals surface area (Å²) >= 11 is 0. The molecule has 5 aliphatic rings. The number of Topliss-reactive ketones (excluding diaryl/α,β-unsaturated/α-hetero) is 1. The highest BCUT2D eigenvalue weighted by Crippen LogP contribution is 2.75. The van der Waals surface area contributed by atoms with E-state index in [0.29, 0.717) is 24.2 Å². The molecule has 1 aliphatic heterocycles. The van der Waals surface area contributed by atoms with Crippen LogP contribution in [0.5, 0.6) is 0 Å². The average molecular weight is 343 g/mol. The summed E-state index contributed by atoms with van der Waals surface area (Å²) in [5.41, 5.74) is -1.10. The molecule has 25 heavy (non-hydrogen) atoms. The third-order valence-corrected chi connectivity index (χ3v) is 9.64. The Labute approximate surface area is 149 Å². The summed E-state index contributed by atoms with van der Waals surface area (Å²) in [5.74, 6) is 1.19. The molecule has 0 aromatic carbocycles. The zero-order chi connectivity index (χ0) is 17.8. The lowest BCUT2D eigenvalue weighted by molar-refractivity contribution is -0.141. The number of rotatable bonds is 0. The molecule has 4 heteroatoms. The molecule has 9 atom stereocenters. The zero-order valence-electron chi connectivity index (χ0n) is 15.5. The summed E-state index contributed by atoms with van der Waals surface area (Å²) in [5, 5.41) is 20.2. The Hall–Kier alpha value is -0.920. The van der Waals surface area contributed by atoms with Crippen LogP contribution in [0.1, 0.15) is 65.7 Å². The van der Waals surface area contributed by atoms with Crippen molar-refractivity contribution >= 4 is 5.78 Å². The Balaban J connectivity index is 1.55. The zero-order valence-corrected chi connectivity index (χ0v) is 15.5. The lowest BCUT2D eigenvalue weighted by Crippen LogP contribution is -2.61. The maximum Gasteiger partial charge on any atom is 0.184 e. The average Bonchev–Trinajstić information content (AvgIpc) is 3.11. The van der Waals surface area contributed by atoms with Gasteiger partial charge < -0.3 is 9.84 Å². The van der Waals surface area contributed by atoms with E-state index in [9.17, 15) is 15.2 Å². The number of aliphatic hydroxyl groups excluding tert-OH is 1. The minimum atomic E-state index is -0.735. The third kappa shape index (κ3) is 1.56. The van der Waals surface area contributed by atoms with Gasteiger partial charge in [0.05, 0.1) is 12.2 Å². The Morgan fingerprint density at radius 2 is 1.88 bits per heavy atom. The molecular formula is C21H29NO3. The quantitative estimate of drug-likeness (QED) is 0.685. The van der Waals surface area contributed by atoms with E-state index in [2.05, 4.69) is 19.9 Å². The standard InChI is InChI=1S/C21H29NO3/c1-18-8-7-15-13(14(18)4-5-16(18)23)6-9-21-19(15,2)10-12(11-22)17(24)20(21,3)25-21/h12-16,23H,4-10H2,1-3H3/t12?,13-,14-,15+,16?,18-,19+,20?,21?/m0/s1. The molecule has 1 N–H and O–H groups in total. The fourth-order valence-corrected chi connectivity index (χ4v) is 8.20. The predicted octanol–water partition coefficient (Wildman–Crippen LogP) is 3.23. The van der Waals surface area contributed by atoms with Gasteiger partial charge in [-0.05, 0) is 75.0 Å². The Kier molecular flexibility index (Phi) is 2.92. The van der Waals surface area contributed by atoms with Gasteiger partial charge in [0.25, 0.3) is 0 Å². The van der Waals surface area contributed by atoms with Gasteiger partial charge in [0.1, 0.15) is 11.5 Å². The van der Waals surface area contributed by atoms with Crippen LogP contribution in [0.3, 0.4) is 0 Å². The van der Waals surface area contributed by atoms with Gasteiger partial charge in [-0.15, -0.1) is 0 Å². The molecule has 0 aromatic rings. The molecule has 4 nitrogen and oxygen atoms in total. The van der Waals surface area contributed by atoms with Crippen LogP contribution >= 0.6 is 0 Å². The molecule has 5 fully saturated rings. The number of ether oxygens (including phenoxy) is 1. The molecule has 136 valence electrons. The normalized spacial score (nSPS) is 62.2. The second kappa shape index (κ2) is 4.49. The highest BCUT2D eigenvalue weighted by Gasteiger charge is 2.84. The lowest BCUT2D eigenvalue weighted by atomic mass is 9.43. The van der Waals surface area contributed by atoms with E-state index >= 15 is 0 Å². The summed E-state index contributed by atoms with van der Waals surface area (Å²) in [6, 6.07) is 2.28. The highest BCUT2D eigenvalue weighted by molar-refractivity contribution is 5.96. The smallest absolute Gasteiger partial charge is 0.184 e. The molecule has 0 radical (unpaired) electrons. The molecule has 5 rings (SSSR count). The molecule has 4 saturated carbocycles. The van der Waals surface area contributed by atoms with E-state index < -0.39 is 11.5 Å². The minimum Gasteiger partial charge on any atom is -0.393 e. The summed E-state index contributed by atoms with van der Waals surface area (Å²) in [4.78, 5) is 12.8. The fraction of sp³-hybridized carbons (Fsp3) is 0.905. The summed E-state index contributed by atoms with van der Waals surface area (Å²) in [7, 11) is 0. The first-order chi connectivity index (χ1) is 11.7. The Morgan fingerprint density at radius 3 is 2.60 bits per heavy atom. The van der Waals surface area contributed by atoms with Gasteiger partial charge in [0.2, 0.25) is 0 Å². The van der Waals surface area contributed by atoms with Crippen LogP contribution in [0.2, 0.25) is 0 Å². The molecular weight excluding hydrogens is 314 g/mol. The number of aliphatic hydroxyl groups is 1. The number of ketones is 1. The maximum atomic E-state index is 12.8. The van der Waals surface area contributed by atoms with E-state index in [1.807, 2.05) is 6.92 Å². The van der Waals surface area contributed by atoms with Gasteiger partial charge >= 0.3 is 0 Å². The molecule has 0 aromatic heterocycles. The van der Waals surface area contributed by atoms with Crippen molar-refractivity contribution in [1.82, 2.24) is 0 Å². The van der Waals surface area contributed by atoms with Crippen LogP contribution in [-0.2, 0) is 9.53 Å². The van der Waals surface area contributed by atoms with Crippen LogP contribution in [0.15, 0.2) is 0 Å². The van der Waals surface area contributed by atoms with Crippen LogP contribution in [0, 0.1) is 45.8 Å². The van der Waals surface area contributed by atoms with E-state index in [1.54, 1.807) is 0 Å². The minimum absolute atomic E-state index is 0.0165.